The van der Waals surface area contributed by atoms with Crippen molar-refractivity contribution >= 4 is 5.97 Å². The van der Waals surface area contributed by atoms with Gasteiger partial charge in [-0.1, -0.05) is 37.6 Å². The van der Waals surface area contributed by atoms with Gasteiger partial charge in [-0.3, -0.25) is 4.79 Å². The third kappa shape index (κ3) is 4.35. The van der Waals surface area contributed by atoms with E-state index in [9.17, 15) is 4.79 Å². The smallest absolute Gasteiger partial charge is 0.308 e. The number of aryl methyl sites for hydroxylation is 1. The van der Waals surface area contributed by atoms with Crippen LogP contribution in [0.3, 0.4) is 0 Å². The first-order valence-corrected chi connectivity index (χ1v) is 7.24. The predicted octanol–water partition coefficient (Wildman–Crippen LogP) is 2.68. The van der Waals surface area contributed by atoms with Gasteiger partial charge in [-0.25, -0.2) is 0 Å². The van der Waals surface area contributed by atoms with Gasteiger partial charge in [-0.05, 0) is 30.4 Å². The van der Waals surface area contributed by atoms with Crippen LogP contribution in [-0.4, -0.2) is 19.1 Å². The fraction of sp³-hybridized carbons (Fsp3) is 0.562. The van der Waals surface area contributed by atoms with Gasteiger partial charge < -0.3 is 10.1 Å². The molecule has 0 saturated heterocycles. The summed E-state index contributed by atoms with van der Waals surface area (Å²) in [7, 11) is 0. The second-order valence-corrected chi connectivity index (χ2v) is 5.14. The van der Waals surface area contributed by atoms with E-state index < -0.39 is 0 Å². The molecule has 0 atom stereocenters. The largest absolute Gasteiger partial charge is 0.464 e. The highest BCUT2D eigenvalue weighted by Crippen LogP contribution is 2.27. The summed E-state index contributed by atoms with van der Waals surface area (Å²) in [6, 6.07) is 8.61. The Bertz CT molecular complexity index is 396. The molecule has 0 heterocycles. The van der Waals surface area contributed by atoms with E-state index in [-0.39, 0.29) is 11.9 Å². The topological polar surface area (TPSA) is 38.3 Å². The molecule has 104 valence electrons. The Morgan fingerprint density at radius 1 is 1.26 bits per heavy atom. The zero-order chi connectivity index (χ0) is 13.5. The van der Waals surface area contributed by atoms with E-state index in [1.807, 2.05) is 0 Å². The first-order chi connectivity index (χ1) is 9.29. The first kappa shape index (κ1) is 14.1. The molecule has 3 heteroatoms. The molecule has 2 rings (SSSR count). The molecule has 0 aromatic heterocycles. The van der Waals surface area contributed by atoms with Gasteiger partial charge in [0.15, 0.2) is 0 Å². The summed E-state index contributed by atoms with van der Waals surface area (Å²) in [4.78, 5) is 11.5. The van der Waals surface area contributed by atoms with E-state index in [4.69, 9.17) is 4.74 Å². The number of carbonyl (C=O) groups excluding carboxylic acids is 1. The Hall–Kier alpha value is -1.35. The number of nitrogens with one attached hydrogen (secondary N) is 1. The van der Waals surface area contributed by atoms with E-state index in [1.54, 1.807) is 0 Å². The number of esters is 1. The summed E-state index contributed by atoms with van der Waals surface area (Å²) in [5, 5.41) is 3.29. The van der Waals surface area contributed by atoms with Crippen molar-refractivity contribution in [3.63, 3.8) is 0 Å². The van der Waals surface area contributed by atoms with Crippen molar-refractivity contribution in [2.24, 2.45) is 5.92 Å². The number of rotatable bonds is 7. The molecule has 0 bridgehead atoms. The molecule has 19 heavy (non-hydrogen) atoms. The molecule has 1 aromatic rings. The maximum absolute atomic E-state index is 11.5. The third-order valence-corrected chi connectivity index (χ3v) is 3.72. The average molecular weight is 261 g/mol. The average Bonchev–Trinajstić information content (AvgIpc) is 2.37. The van der Waals surface area contributed by atoms with E-state index in [0.29, 0.717) is 13.2 Å². The first-order valence-electron chi connectivity index (χ1n) is 7.24. The summed E-state index contributed by atoms with van der Waals surface area (Å²) < 4.78 is 5.22. The maximum atomic E-state index is 11.5. The highest BCUT2D eigenvalue weighted by molar-refractivity contribution is 5.73. The van der Waals surface area contributed by atoms with Gasteiger partial charge in [0.25, 0.3) is 0 Å². The lowest BCUT2D eigenvalue weighted by molar-refractivity contribution is -0.151. The quantitative estimate of drug-likeness (QED) is 0.606. The minimum absolute atomic E-state index is 0.0136. The van der Waals surface area contributed by atoms with Gasteiger partial charge in [-0.2, -0.15) is 0 Å². The molecule has 1 aliphatic carbocycles. The van der Waals surface area contributed by atoms with Crippen molar-refractivity contribution in [3.8, 4) is 0 Å². The molecule has 3 nitrogen and oxygen atoms in total. The van der Waals surface area contributed by atoms with Gasteiger partial charge in [-0.15, -0.1) is 0 Å². The van der Waals surface area contributed by atoms with Crippen LogP contribution in [0.15, 0.2) is 24.3 Å². The molecule has 0 amide bonds. The number of benzene rings is 1. The van der Waals surface area contributed by atoms with Crippen LogP contribution in [0.4, 0.5) is 0 Å². The molecule has 0 unspecified atom stereocenters. The Morgan fingerprint density at radius 3 is 2.53 bits per heavy atom. The van der Waals surface area contributed by atoms with Crippen LogP contribution in [0.5, 0.6) is 0 Å². The minimum Gasteiger partial charge on any atom is -0.464 e. The van der Waals surface area contributed by atoms with Crippen LogP contribution < -0.4 is 5.32 Å². The third-order valence-electron chi connectivity index (χ3n) is 3.72. The Balaban J connectivity index is 1.56. The molecule has 1 aliphatic rings. The normalized spacial score (nSPS) is 15.0. The van der Waals surface area contributed by atoms with E-state index in [1.165, 1.54) is 17.5 Å². The van der Waals surface area contributed by atoms with Crippen LogP contribution in [0.2, 0.25) is 0 Å². The Labute approximate surface area is 115 Å². The van der Waals surface area contributed by atoms with Gasteiger partial charge in [0.1, 0.15) is 6.61 Å². The van der Waals surface area contributed by atoms with Crippen molar-refractivity contribution in [3.05, 3.63) is 35.4 Å². The van der Waals surface area contributed by atoms with Crippen molar-refractivity contribution in [1.29, 1.82) is 0 Å². The maximum Gasteiger partial charge on any atom is 0.308 e. The van der Waals surface area contributed by atoms with Crippen LogP contribution in [0.1, 0.15) is 37.3 Å². The molecule has 1 fully saturated rings. The monoisotopic (exact) mass is 261 g/mol. The molecule has 1 N–H and O–H groups in total. The molecule has 1 saturated carbocycles. The predicted molar refractivity (Wildman–Crippen MR) is 75.8 cm³/mol. The number of carbonyl (C=O) groups is 1. The molecule has 0 radical (unpaired) electrons. The van der Waals surface area contributed by atoms with Gasteiger partial charge >= 0.3 is 5.97 Å². The Morgan fingerprint density at radius 2 is 1.95 bits per heavy atom. The highest BCUT2D eigenvalue weighted by Gasteiger charge is 2.26. The number of ether oxygens (including phenoxy) is 1. The molecule has 0 aliphatic heterocycles. The van der Waals surface area contributed by atoms with E-state index in [0.717, 1.165) is 25.8 Å². The lowest BCUT2D eigenvalue weighted by Gasteiger charge is -2.23. The van der Waals surface area contributed by atoms with E-state index >= 15 is 0 Å². The molecule has 0 spiro atoms. The van der Waals surface area contributed by atoms with Crippen LogP contribution in [-0.2, 0) is 22.5 Å². The van der Waals surface area contributed by atoms with Crippen molar-refractivity contribution in [2.45, 2.75) is 39.2 Å². The summed E-state index contributed by atoms with van der Waals surface area (Å²) in [5.41, 5.74) is 2.63. The SMILES string of the molecule is CCc1ccc(CNCCOC(=O)C2CCC2)cc1. The van der Waals surface area contributed by atoms with Gasteiger partial charge in [0.05, 0.1) is 5.92 Å². The van der Waals surface area contributed by atoms with Crippen LogP contribution >= 0.6 is 0 Å². The summed E-state index contributed by atoms with van der Waals surface area (Å²) >= 11 is 0. The molecule has 1 aromatic carbocycles. The lowest BCUT2D eigenvalue weighted by Crippen LogP contribution is -2.27. The summed E-state index contributed by atoms with van der Waals surface area (Å²) in [6.45, 7) is 4.17. The minimum atomic E-state index is -0.0136. The zero-order valence-electron chi connectivity index (χ0n) is 11.7. The number of hydrogen-bond acceptors (Lipinski definition) is 3. The molecular weight excluding hydrogens is 238 g/mol. The van der Waals surface area contributed by atoms with Gasteiger partial charge in [0, 0.05) is 13.1 Å². The Kier molecular flexibility index (Phi) is 5.40. The zero-order valence-corrected chi connectivity index (χ0v) is 11.7. The highest BCUT2D eigenvalue weighted by atomic mass is 16.5. The van der Waals surface area contributed by atoms with Crippen molar-refractivity contribution in [1.82, 2.24) is 5.32 Å². The van der Waals surface area contributed by atoms with Gasteiger partial charge in [0.2, 0.25) is 0 Å². The second kappa shape index (κ2) is 7.29. The van der Waals surface area contributed by atoms with Crippen LogP contribution in [0.25, 0.3) is 0 Å². The second-order valence-electron chi connectivity index (χ2n) is 5.14. The number of hydrogen-bond donors (Lipinski definition) is 1. The summed E-state index contributed by atoms with van der Waals surface area (Å²) in [5.74, 6) is 0.168. The lowest BCUT2D eigenvalue weighted by atomic mass is 9.86. The molecular formula is C16H23NO2. The van der Waals surface area contributed by atoms with Crippen molar-refractivity contribution in [2.75, 3.05) is 13.2 Å². The fourth-order valence-corrected chi connectivity index (χ4v) is 2.11. The van der Waals surface area contributed by atoms with Crippen molar-refractivity contribution < 1.29 is 9.53 Å². The van der Waals surface area contributed by atoms with Crippen LogP contribution in [0, 0.1) is 5.92 Å². The van der Waals surface area contributed by atoms with E-state index in [2.05, 4.69) is 36.5 Å². The fourth-order valence-electron chi connectivity index (χ4n) is 2.11. The standard InChI is InChI=1S/C16H23NO2/c1-2-13-6-8-14(9-7-13)12-17-10-11-19-16(18)15-4-3-5-15/h6-9,15,17H,2-5,10-12H2,1H3. The summed E-state index contributed by atoms with van der Waals surface area (Å²) in [6.07, 6.45) is 4.27.